The third-order valence-electron chi connectivity index (χ3n) is 4.89. The van der Waals surface area contributed by atoms with Gasteiger partial charge in [0, 0.05) is 38.3 Å². The van der Waals surface area contributed by atoms with Crippen molar-refractivity contribution in [2.24, 2.45) is 5.10 Å². The van der Waals surface area contributed by atoms with Crippen molar-refractivity contribution in [3.8, 4) is 0 Å². The highest BCUT2D eigenvalue weighted by molar-refractivity contribution is 5.85. The normalized spacial score (nSPS) is 15.8. The number of piperazine rings is 1. The number of hydrogen-bond acceptors (Lipinski definition) is 3. The molecule has 0 saturated carbocycles. The smallest absolute Gasteiger partial charge is 0.132 e. The van der Waals surface area contributed by atoms with Gasteiger partial charge in [0.1, 0.15) is 5.82 Å². The lowest BCUT2D eigenvalue weighted by atomic mass is 10.0. The Kier molecular flexibility index (Phi) is 4.93. The van der Waals surface area contributed by atoms with Crippen LogP contribution in [-0.2, 0) is 6.54 Å². The first-order valence-electron chi connectivity index (χ1n) is 9.02. The van der Waals surface area contributed by atoms with Gasteiger partial charge in [0.25, 0.3) is 0 Å². The monoisotopic (exact) mass is 347 g/mol. The first-order valence-corrected chi connectivity index (χ1v) is 9.02. The highest BCUT2D eigenvalue weighted by Gasteiger charge is 2.16. The van der Waals surface area contributed by atoms with Crippen molar-refractivity contribution in [2.45, 2.75) is 6.54 Å². The predicted octanol–water partition coefficient (Wildman–Crippen LogP) is 4.13. The van der Waals surface area contributed by atoms with E-state index in [9.17, 15) is 4.39 Å². The summed E-state index contributed by atoms with van der Waals surface area (Å²) < 4.78 is 13.7. The van der Waals surface area contributed by atoms with E-state index in [1.807, 2.05) is 11.1 Å². The van der Waals surface area contributed by atoms with Crippen molar-refractivity contribution < 1.29 is 4.39 Å². The lowest BCUT2D eigenvalue weighted by Gasteiger charge is -2.33. The molecule has 1 aliphatic heterocycles. The van der Waals surface area contributed by atoms with Crippen molar-refractivity contribution in [3.05, 3.63) is 83.7 Å². The zero-order chi connectivity index (χ0) is 17.8. The third kappa shape index (κ3) is 3.75. The summed E-state index contributed by atoms with van der Waals surface area (Å²) in [6.45, 7) is 4.58. The molecule has 1 aliphatic rings. The fourth-order valence-corrected chi connectivity index (χ4v) is 3.41. The van der Waals surface area contributed by atoms with Gasteiger partial charge in [-0.2, -0.15) is 5.10 Å². The zero-order valence-electron chi connectivity index (χ0n) is 14.7. The molecule has 0 unspecified atom stereocenters. The summed E-state index contributed by atoms with van der Waals surface area (Å²) in [4.78, 5) is 2.46. The Morgan fingerprint density at radius 1 is 0.846 bits per heavy atom. The van der Waals surface area contributed by atoms with Crippen molar-refractivity contribution in [2.75, 3.05) is 26.2 Å². The summed E-state index contributed by atoms with van der Waals surface area (Å²) in [5.41, 5.74) is 1.90. The van der Waals surface area contributed by atoms with Crippen molar-refractivity contribution in [3.63, 3.8) is 0 Å². The Labute approximate surface area is 153 Å². The topological polar surface area (TPSA) is 18.8 Å². The number of hydrazone groups is 1. The van der Waals surface area contributed by atoms with Gasteiger partial charge in [-0.25, -0.2) is 4.39 Å². The Balaban J connectivity index is 1.37. The molecule has 1 saturated heterocycles. The fraction of sp³-hybridized carbons (Fsp3) is 0.227. The van der Waals surface area contributed by atoms with Crippen LogP contribution in [0.5, 0.6) is 0 Å². The Hall–Kier alpha value is -2.72. The van der Waals surface area contributed by atoms with Gasteiger partial charge in [0.05, 0.1) is 6.21 Å². The number of benzene rings is 3. The van der Waals surface area contributed by atoms with Gasteiger partial charge >= 0.3 is 0 Å². The van der Waals surface area contributed by atoms with Crippen LogP contribution in [0.15, 0.2) is 71.8 Å². The lowest BCUT2D eigenvalue weighted by Crippen LogP contribution is -2.43. The van der Waals surface area contributed by atoms with E-state index >= 15 is 0 Å². The maximum absolute atomic E-state index is 13.7. The standard InChI is InChI=1S/C22H22FN3/c23-22-11-4-2-7-19(22)16-24-26-14-12-25(13-15-26)17-20-9-5-8-18-6-1-3-10-21(18)20/h1-11,16H,12-15,17H2/b24-16+. The molecule has 0 atom stereocenters. The number of rotatable bonds is 4. The first kappa shape index (κ1) is 16.7. The summed E-state index contributed by atoms with van der Waals surface area (Å²) >= 11 is 0. The molecule has 0 spiro atoms. The first-order chi connectivity index (χ1) is 12.8. The third-order valence-corrected chi connectivity index (χ3v) is 4.89. The van der Waals surface area contributed by atoms with Crippen LogP contribution in [0.4, 0.5) is 4.39 Å². The van der Waals surface area contributed by atoms with Crippen LogP contribution < -0.4 is 0 Å². The van der Waals surface area contributed by atoms with Crippen molar-refractivity contribution in [1.29, 1.82) is 0 Å². The number of hydrogen-bond donors (Lipinski definition) is 0. The molecule has 132 valence electrons. The minimum Gasteiger partial charge on any atom is -0.295 e. The van der Waals surface area contributed by atoms with Gasteiger partial charge in [-0.05, 0) is 22.4 Å². The van der Waals surface area contributed by atoms with Gasteiger partial charge < -0.3 is 0 Å². The molecule has 3 aromatic carbocycles. The Morgan fingerprint density at radius 2 is 1.58 bits per heavy atom. The highest BCUT2D eigenvalue weighted by Crippen LogP contribution is 2.20. The van der Waals surface area contributed by atoms with Crippen LogP contribution in [0.25, 0.3) is 10.8 Å². The molecule has 1 heterocycles. The Bertz CT molecular complexity index is 909. The average Bonchev–Trinajstić information content (AvgIpc) is 2.69. The van der Waals surface area contributed by atoms with Crippen LogP contribution in [0.3, 0.4) is 0 Å². The minimum atomic E-state index is -0.231. The lowest BCUT2D eigenvalue weighted by molar-refractivity contribution is 0.131. The molecule has 0 bridgehead atoms. The van der Waals surface area contributed by atoms with E-state index in [1.54, 1.807) is 18.3 Å². The second-order valence-corrected chi connectivity index (χ2v) is 6.63. The van der Waals surface area contributed by atoms with E-state index in [0.29, 0.717) is 5.56 Å². The van der Waals surface area contributed by atoms with Crippen LogP contribution in [0, 0.1) is 5.82 Å². The van der Waals surface area contributed by atoms with E-state index in [-0.39, 0.29) is 5.82 Å². The van der Waals surface area contributed by atoms with Gasteiger partial charge in [0.2, 0.25) is 0 Å². The number of fused-ring (bicyclic) bond motifs is 1. The van der Waals surface area contributed by atoms with Crippen LogP contribution in [0.2, 0.25) is 0 Å². The van der Waals surface area contributed by atoms with E-state index in [4.69, 9.17) is 0 Å². The molecule has 26 heavy (non-hydrogen) atoms. The molecule has 1 fully saturated rings. The van der Waals surface area contributed by atoms with Gasteiger partial charge in [-0.3, -0.25) is 9.91 Å². The van der Waals surface area contributed by atoms with Crippen LogP contribution in [-0.4, -0.2) is 42.3 Å². The van der Waals surface area contributed by atoms with Crippen molar-refractivity contribution >= 4 is 17.0 Å². The fourth-order valence-electron chi connectivity index (χ4n) is 3.41. The molecule has 0 amide bonds. The molecule has 4 heteroatoms. The van der Waals surface area contributed by atoms with Gasteiger partial charge in [-0.1, -0.05) is 60.7 Å². The molecule has 4 rings (SSSR count). The summed E-state index contributed by atoms with van der Waals surface area (Å²) in [5.74, 6) is -0.231. The molecular formula is C22H22FN3. The molecule has 0 aliphatic carbocycles. The summed E-state index contributed by atoms with van der Waals surface area (Å²) in [7, 11) is 0. The van der Waals surface area contributed by atoms with E-state index in [0.717, 1.165) is 32.7 Å². The van der Waals surface area contributed by atoms with E-state index in [2.05, 4.69) is 52.5 Å². The molecule has 3 aromatic rings. The van der Waals surface area contributed by atoms with Gasteiger partial charge in [-0.15, -0.1) is 0 Å². The van der Waals surface area contributed by atoms with Crippen molar-refractivity contribution in [1.82, 2.24) is 9.91 Å². The molecule has 3 nitrogen and oxygen atoms in total. The maximum Gasteiger partial charge on any atom is 0.132 e. The second kappa shape index (κ2) is 7.67. The highest BCUT2D eigenvalue weighted by atomic mass is 19.1. The predicted molar refractivity (Wildman–Crippen MR) is 105 cm³/mol. The zero-order valence-corrected chi connectivity index (χ0v) is 14.7. The van der Waals surface area contributed by atoms with Gasteiger partial charge in [0.15, 0.2) is 0 Å². The van der Waals surface area contributed by atoms with Crippen LogP contribution in [0.1, 0.15) is 11.1 Å². The Morgan fingerprint density at radius 3 is 2.42 bits per heavy atom. The largest absolute Gasteiger partial charge is 0.295 e. The van der Waals surface area contributed by atoms with E-state index in [1.165, 1.54) is 22.4 Å². The second-order valence-electron chi connectivity index (χ2n) is 6.63. The minimum absolute atomic E-state index is 0.231. The SMILES string of the molecule is Fc1ccccc1/C=N/N1CCN(Cc2cccc3ccccc23)CC1. The molecular weight excluding hydrogens is 325 g/mol. The summed E-state index contributed by atoms with van der Waals surface area (Å²) in [6.07, 6.45) is 1.62. The maximum atomic E-state index is 13.7. The molecule has 0 N–H and O–H groups in total. The van der Waals surface area contributed by atoms with Crippen LogP contribution >= 0.6 is 0 Å². The number of nitrogens with zero attached hydrogens (tertiary/aromatic N) is 3. The molecule has 0 radical (unpaired) electrons. The van der Waals surface area contributed by atoms with E-state index < -0.39 is 0 Å². The summed E-state index contributed by atoms with van der Waals surface area (Å²) in [6, 6.07) is 21.8. The summed E-state index contributed by atoms with van der Waals surface area (Å²) in [5, 5.41) is 9.09. The molecule has 0 aromatic heterocycles. The number of halogens is 1. The average molecular weight is 347 g/mol. The quantitative estimate of drug-likeness (QED) is 0.661.